The van der Waals surface area contributed by atoms with Crippen molar-refractivity contribution in [3.63, 3.8) is 0 Å². The molecule has 0 saturated heterocycles. The van der Waals surface area contributed by atoms with Gasteiger partial charge in [-0.25, -0.2) is 9.13 Å². The van der Waals surface area contributed by atoms with E-state index in [2.05, 4.69) is 0 Å². The summed E-state index contributed by atoms with van der Waals surface area (Å²) in [7, 11) is -10.3. The van der Waals surface area contributed by atoms with Crippen LogP contribution in [0.25, 0.3) is 0 Å². The Hall–Kier alpha value is -2.68. The van der Waals surface area contributed by atoms with E-state index in [4.69, 9.17) is 22.6 Å². The molecule has 3 unspecified atom stereocenters. The SMILES string of the molecule is CCC(CC)(O[PH](=O)Oc1c(C(C)(C)C)cc(SC(C)(C)C(=O)C(C)(C)O[PH](=O)O)cc1C(C)(C)C)C(=O)C(C)(C)Sc1cc(C(C)(C)C)c(O[PH](=O)OCC(=O)CC(=O)C(C)(C)Sc2cc(C(C)(C)C)c(O)c(C(C)(C)C)c2)c(C(C)(C)C)c1. The Balaban J connectivity index is 1.97. The van der Waals surface area contributed by atoms with E-state index in [1.54, 1.807) is 27.7 Å². The van der Waals surface area contributed by atoms with Crippen molar-refractivity contribution < 1.29 is 65.5 Å². The van der Waals surface area contributed by atoms with Gasteiger partial charge < -0.3 is 19.0 Å². The molecule has 0 fully saturated rings. The third-order valence-corrected chi connectivity index (χ3v) is 20.7. The average molecular weight is 1300 g/mol. The van der Waals surface area contributed by atoms with Crippen molar-refractivity contribution in [2.24, 2.45) is 0 Å². The molecule has 0 aromatic heterocycles. The molecule has 480 valence electrons. The summed E-state index contributed by atoms with van der Waals surface area (Å²) in [6.07, 6.45) is -0.0938. The summed E-state index contributed by atoms with van der Waals surface area (Å²) in [5, 5.41) is 11.3. The number of hydrogen-bond donors (Lipinski definition) is 2. The standard InChI is InChI=1S/C65H103O14P3S3/c1-29-65(30-2,79-82(74)77-52-47(59(15,16)17)34-41(35-48(52)60(18,19)20)84-63(25,26)53(69)61(21,22)78-80(71)72)54(70)64(27,28)85-42-36-45(57(9,10)11)51(46(37-42)58(12,13)14)76-81(73)75-38-39(66)31-49(67)62(23,24)83-40-32-43(55(3,4)5)50(68)44(33-40)56(6,7)8/h32-37,68,80-82H,29-31,38H2,1-28H3,(H,71,72). The first-order chi connectivity index (χ1) is 38.0. The number of thioether (sulfide) groups is 3. The average Bonchev–Trinajstić information content (AvgIpc) is 1.22. The summed E-state index contributed by atoms with van der Waals surface area (Å²) < 4.78 is 66.8. The van der Waals surface area contributed by atoms with Gasteiger partial charge in [0.15, 0.2) is 23.1 Å². The summed E-state index contributed by atoms with van der Waals surface area (Å²) in [6.45, 7) is 52.6. The number of aromatic hydroxyl groups is 1. The van der Waals surface area contributed by atoms with Crippen LogP contribution in [-0.2, 0) is 78.9 Å². The minimum atomic E-state index is -3.48. The number of Topliss-reactive ketones (excluding diaryl/α,β-unsaturated/α-hetero) is 4. The molecule has 0 aliphatic carbocycles. The molecule has 3 aromatic carbocycles. The number of carbonyl (C=O) groups excluding carboxylic acids is 4. The first kappa shape index (κ1) is 76.6. The zero-order chi connectivity index (χ0) is 66.2. The molecular formula is C65H103O14P3S3. The van der Waals surface area contributed by atoms with E-state index in [9.17, 15) is 38.1 Å². The summed E-state index contributed by atoms with van der Waals surface area (Å²) >= 11 is 3.91. The summed E-state index contributed by atoms with van der Waals surface area (Å²) in [4.78, 5) is 68.0. The lowest BCUT2D eigenvalue weighted by Crippen LogP contribution is -2.48. The number of benzene rings is 3. The van der Waals surface area contributed by atoms with Crippen LogP contribution in [0.1, 0.15) is 247 Å². The molecular weight excluding hydrogens is 1190 g/mol. The maximum Gasteiger partial charge on any atom is 0.368 e. The molecule has 0 aliphatic rings. The number of rotatable bonds is 26. The van der Waals surface area contributed by atoms with Gasteiger partial charge >= 0.3 is 24.8 Å². The summed E-state index contributed by atoms with van der Waals surface area (Å²) in [6, 6.07) is 11.4. The third-order valence-electron chi connectivity index (χ3n) is 14.7. The first-order valence-corrected chi connectivity index (χ1v) is 35.3. The lowest BCUT2D eigenvalue weighted by atomic mass is 9.79. The Morgan fingerprint density at radius 1 is 0.447 bits per heavy atom. The van der Waals surface area contributed by atoms with Crippen molar-refractivity contribution >= 4 is 83.2 Å². The number of phenolic OH excluding ortho intramolecular Hbond substituents is 1. The fourth-order valence-electron chi connectivity index (χ4n) is 9.87. The van der Waals surface area contributed by atoms with E-state index in [1.165, 1.54) is 49.1 Å². The van der Waals surface area contributed by atoms with Crippen molar-refractivity contribution in [2.45, 2.75) is 286 Å². The number of ketones is 4. The normalized spacial score (nSPS) is 14.9. The molecule has 20 heteroatoms. The van der Waals surface area contributed by atoms with Gasteiger partial charge in [-0.15, -0.1) is 35.3 Å². The lowest BCUT2D eigenvalue weighted by molar-refractivity contribution is -0.137. The van der Waals surface area contributed by atoms with Crippen molar-refractivity contribution in [1.29, 1.82) is 0 Å². The Kier molecular flexibility index (Phi) is 24.7. The Morgan fingerprint density at radius 2 is 0.753 bits per heavy atom. The molecule has 0 spiro atoms. The van der Waals surface area contributed by atoms with Gasteiger partial charge in [0, 0.05) is 48.1 Å². The molecule has 2 N–H and O–H groups in total. The van der Waals surface area contributed by atoms with Crippen molar-refractivity contribution in [2.75, 3.05) is 6.61 Å². The van der Waals surface area contributed by atoms with Gasteiger partial charge in [-0.1, -0.05) is 138 Å². The van der Waals surface area contributed by atoms with E-state index < -0.39 is 90.7 Å². The fraction of sp³-hybridized carbons (Fsp3) is 0.662. The van der Waals surface area contributed by atoms with Crippen molar-refractivity contribution in [3.8, 4) is 17.2 Å². The molecule has 0 aliphatic heterocycles. The second-order valence-corrected chi connectivity index (χ2v) is 38.1. The van der Waals surface area contributed by atoms with E-state index in [0.29, 0.717) is 38.6 Å². The van der Waals surface area contributed by atoms with E-state index in [0.717, 1.165) is 20.9 Å². The second-order valence-electron chi connectivity index (χ2n) is 30.4. The Morgan fingerprint density at radius 3 is 1.07 bits per heavy atom. The highest BCUT2D eigenvalue weighted by atomic mass is 32.2. The molecule has 3 atom stereocenters. The molecule has 0 saturated carbocycles. The van der Waals surface area contributed by atoms with Gasteiger partial charge in [0.2, 0.25) is 0 Å². The van der Waals surface area contributed by atoms with Crippen LogP contribution in [0, 0.1) is 0 Å². The third kappa shape index (κ3) is 20.2. The van der Waals surface area contributed by atoms with Crippen LogP contribution in [0.4, 0.5) is 0 Å². The van der Waals surface area contributed by atoms with Crippen LogP contribution in [-0.4, -0.2) is 65.2 Å². The summed E-state index contributed by atoms with van der Waals surface area (Å²) in [5.41, 5.74) is -1.89. The molecule has 3 rings (SSSR count). The van der Waals surface area contributed by atoms with E-state index in [1.807, 2.05) is 189 Å². The highest BCUT2D eigenvalue weighted by Crippen LogP contribution is 2.53. The van der Waals surface area contributed by atoms with Gasteiger partial charge in [0.1, 0.15) is 35.1 Å². The first-order valence-electron chi connectivity index (χ1n) is 29.1. The molecule has 14 nitrogen and oxygen atoms in total. The lowest BCUT2D eigenvalue weighted by Gasteiger charge is -2.37. The zero-order valence-electron chi connectivity index (χ0n) is 56.3. The molecule has 85 heavy (non-hydrogen) atoms. The van der Waals surface area contributed by atoms with E-state index in [-0.39, 0.29) is 46.8 Å². The molecule has 0 radical (unpaired) electrons. The van der Waals surface area contributed by atoms with Crippen LogP contribution in [0.2, 0.25) is 0 Å². The highest BCUT2D eigenvalue weighted by molar-refractivity contribution is 8.02. The van der Waals surface area contributed by atoms with Gasteiger partial charge in [-0.3, -0.25) is 37.3 Å². The predicted molar refractivity (Wildman–Crippen MR) is 354 cm³/mol. The van der Waals surface area contributed by atoms with Crippen LogP contribution in [0.3, 0.4) is 0 Å². The number of hydrogen-bond acceptors (Lipinski definition) is 16. The van der Waals surface area contributed by atoms with Crippen LogP contribution in [0.15, 0.2) is 51.1 Å². The van der Waals surface area contributed by atoms with Gasteiger partial charge in [-0.05, 0) is 137 Å². The summed E-state index contributed by atoms with van der Waals surface area (Å²) in [5.74, 6) is -0.654. The van der Waals surface area contributed by atoms with Gasteiger partial charge in [0.25, 0.3) is 0 Å². The molecule has 0 heterocycles. The minimum Gasteiger partial charge on any atom is -0.507 e. The van der Waals surface area contributed by atoms with Gasteiger partial charge in [-0.2, -0.15) is 0 Å². The zero-order valence-corrected chi connectivity index (χ0v) is 61.8. The molecule has 0 amide bonds. The van der Waals surface area contributed by atoms with Crippen molar-refractivity contribution in [1.82, 2.24) is 0 Å². The quantitative estimate of drug-likeness (QED) is 0.0435. The Labute approximate surface area is 525 Å². The fourth-order valence-corrected chi connectivity index (χ4v) is 15.9. The Bertz CT molecular complexity index is 2940. The largest absolute Gasteiger partial charge is 0.507 e. The van der Waals surface area contributed by atoms with Crippen LogP contribution < -0.4 is 9.05 Å². The topological polar surface area (TPSA) is 206 Å². The predicted octanol–water partition coefficient (Wildman–Crippen LogP) is 18.2. The van der Waals surface area contributed by atoms with Crippen LogP contribution in [0.5, 0.6) is 17.2 Å². The monoisotopic (exact) mass is 1300 g/mol. The highest BCUT2D eigenvalue weighted by Gasteiger charge is 2.48. The smallest absolute Gasteiger partial charge is 0.368 e. The molecule has 3 aromatic rings. The van der Waals surface area contributed by atoms with E-state index >= 15 is 4.79 Å². The van der Waals surface area contributed by atoms with Gasteiger partial charge in [0.05, 0.1) is 20.7 Å². The maximum absolute atomic E-state index is 15.2. The van der Waals surface area contributed by atoms with Crippen molar-refractivity contribution in [3.05, 3.63) is 69.8 Å². The number of carbonyl (C=O) groups is 4. The second kappa shape index (κ2) is 27.4. The molecule has 0 bridgehead atoms. The van der Waals surface area contributed by atoms with Crippen LogP contribution >= 0.6 is 60.1 Å². The minimum absolute atomic E-state index is 0.180. The number of phenols is 1. The maximum atomic E-state index is 15.2.